The van der Waals surface area contributed by atoms with Gasteiger partial charge in [0, 0.05) is 35.6 Å². The van der Waals surface area contributed by atoms with Gasteiger partial charge in [-0.3, -0.25) is 9.59 Å². The molecule has 2 aromatic rings. The normalized spacial score (nSPS) is 24.3. The first-order valence-electron chi connectivity index (χ1n) is 12.0. The summed E-state index contributed by atoms with van der Waals surface area (Å²) >= 11 is 6.54. The molecule has 0 amide bonds. The summed E-state index contributed by atoms with van der Waals surface area (Å²) in [5.74, 6) is -2.08. The second-order valence-corrected chi connectivity index (χ2v) is 9.59. The van der Waals surface area contributed by atoms with Crippen molar-refractivity contribution < 1.29 is 33.3 Å². The van der Waals surface area contributed by atoms with Crippen molar-refractivity contribution in [3.05, 3.63) is 63.8 Å². The SMILES string of the molecule is CCOC(=O)C1=NC2=C(C(=O)[C@@]3(Oc4c(Cl)c(OC)cc(OC)c4C3=O)[C@H](C)C2)[C@@H](c2ccccc2)C1. The molecule has 3 aliphatic rings. The highest BCUT2D eigenvalue weighted by Gasteiger charge is 2.63. The number of methoxy groups -OCH3 is 2. The molecule has 0 N–H and O–H groups in total. The third-order valence-corrected chi connectivity index (χ3v) is 7.59. The number of ether oxygens (including phenoxy) is 4. The quantitative estimate of drug-likeness (QED) is 0.412. The Hall–Kier alpha value is -3.65. The molecular formula is C28H26ClNO7. The number of esters is 1. The molecule has 0 radical (unpaired) electrons. The third-order valence-electron chi connectivity index (χ3n) is 7.23. The van der Waals surface area contributed by atoms with E-state index in [4.69, 9.17) is 30.5 Å². The van der Waals surface area contributed by atoms with Crippen LogP contribution in [0, 0.1) is 5.92 Å². The highest BCUT2D eigenvalue weighted by atomic mass is 35.5. The Morgan fingerprint density at radius 2 is 1.81 bits per heavy atom. The van der Waals surface area contributed by atoms with E-state index in [9.17, 15) is 14.4 Å². The standard InChI is InChI=1S/C28H26ClNO7/c1-5-36-27(33)18-12-16(15-9-7-6-8-10-15)21-17(30-18)11-14(2)28(25(21)31)26(32)22-19(34-3)13-20(35-4)23(29)24(22)37-28/h6-10,13-14,16H,5,11-12H2,1-4H3/t14-,16-,28+/m1/s1. The fraction of sp³-hybridized carbons (Fsp3) is 0.357. The van der Waals surface area contributed by atoms with Crippen LogP contribution in [0.2, 0.25) is 5.02 Å². The predicted molar refractivity (Wildman–Crippen MR) is 136 cm³/mol. The Labute approximate surface area is 219 Å². The van der Waals surface area contributed by atoms with E-state index in [0.717, 1.165) is 5.56 Å². The fourth-order valence-corrected chi connectivity index (χ4v) is 5.72. The van der Waals surface area contributed by atoms with Crippen molar-refractivity contribution in [1.29, 1.82) is 0 Å². The van der Waals surface area contributed by atoms with Crippen molar-refractivity contribution in [3.8, 4) is 17.2 Å². The van der Waals surface area contributed by atoms with Crippen LogP contribution in [0.5, 0.6) is 17.2 Å². The Bertz CT molecular complexity index is 1380. The number of Topliss-reactive ketones (excluding diaryl/α,β-unsaturated/α-hetero) is 2. The number of fused-ring (bicyclic) bond motifs is 1. The first kappa shape index (κ1) is 25.0. The molecule has 37 heavy (non-hydrogen) atoms. The average Bonchev–Trinajstić information content (AvgIpc) is 3.22. The zero-order valence-corrected chi connectivity index (χ0v) is 21.7. The summed E-state index contributed by atoms with van der Waals surface area (Å²) in [6, 6.07) is 10.9. The number of benzene rings is 2. The van der Waals surface area contributed by atoms with Gasteiger partial charge in [-0.2, -0.15) is 0 Å². The maximum absolute atomic E-state index is 14.4. The molecule has 2 aromatic carbocycles. The summed E-state index contributed by atoms with van der Waals surface area (Å²) in [6.07, 6.45) is 0.404. The van der Waals surface area contributed by atoms with Crippen molar-refractivity contribution in [1.82, 2.24) is 0 Å². The number of rotatable bonds is 5. The van der Waals surface area contributed by atoms with E-state index in [1.165, 1.54) is 20.3 Å². The minimum atomic E-state index is -1.84. The predicted octanol–water partition coefficient (Wildman–Crippen LogP) is 4.73. The van der Waals surface area contributed by atoms with Crippen molar-refractivity contribution in [2.45, 2.75) is 38.2 Å². The van der Waals surface area contributed by atoms with Gasteiger partial charge in [-0.1, -0.05) is 48.9 Å². The molecule has 3 atom stereocenters. The van der Waals surface area contributed by atoms with Crippen molar-refractivity contribution >= 4 is 34.8 Å². The molecule has 8 nitrogen and oxygen atoms in total. The molecule has 2 heterocycles. The van der Waals surface area contributed by atoms with Gasteiger partial charge in [0.15, 0.2) is 5.75 Å². The maximum Gasteiger partial charge on any atom is 0.352 e. The Morgan fingerprint density at radius 1 is 1.11 bits per heavy atom. The highest BCUT2D eigenvalue weighted by Crippen LogP contribution is 2.55. The van der Waals surface area contributed by atoms with Gasteiger partial charge in [0.05, 0.1) is 20.8 Å². The minimum Gasteiger partial charge on any atom is -0.496 e. The zero-order valence-electron chi connectivity index (χ0n) is 20.9. The summed E-state index contributed by atoms with van der Waals surface area (Å²) in [4.78, 5) is 45.7. The zero-order chi connectivity index (χ0) is 26.5. The van der Waals surface area contributed by atoms with Gasteiger partial charge in [0.25, 0.3) is 0 Å². The molecule has 0 aromatic heterocycles. The molecule has 9 heteroatoms. The largest absolute Gasteiger partial charge is 0.496 e. The number of nitrogens with zero attached hydrogens (tertiary/aromatic N) is 1. The molecule has 1 aliphatic carbocycles. The molecule has 2 aliphatic heterocycles. The second kappa shape index (κ2) is 9.34. The summed E-state index contributed by atoms with van der Waals surface area (Å²) in [5, 5.41) is 0.0918. The molecular weight excluding hydrogens is 498 g/mol. The Kier molecular flexibility index (Phi) is 6.31. The van der Waals surface area contributed by atoms with Gasteiger partial charge in [-0.05, 0) is 18.9 Å². The molecule has 5 rings (SSSR count). The smallest absolute Gasteiger partial charge is 0.352 e. The van der Waals surface area contributed by atoms with Crippen molar-refractivity contribution in [2.24, 2.45) is 10.9 Å². The summed E-state index contributed by atoms with van der Waals surface area (Å²) in [7, 11) is 2.86. The van der Waals surface area contributed by atoms with Crippen LogP contribution in [-0.2, 0) is 14.3 Å². The number of carbonyl (C=O) groups is 3. The van der Waals surface area contributed by atoms with Gasteiger partial charge in [-0.25, -0.2) is 9.79 Å². The Balaban J connectivity index is 1.68. The van der Waals surface area contributed by atoms with Crippen LogP contribution >= 0.6 is 11.6 Å². The van der Waals surface area contributed by atoms with Crippen LogP contribution in [0.15, 0.2) is 52.7 Å². The van der Waals surface area contributed by atoms with E-state index in [1.807, 2.05) is 30.3 Å². The van der Waals surface area contributed by atoms with Gasteiger partial charge in [-0.15, -0.1) is 0 Å². The molecule has 192 valence electrons. The summed E-state index contributed by atoms with van der Waals surface area (Å²) < 4.78 is 22.3. The lowest BCUT2D eigenvalue weighted by molar-refractivity contribution is -0.135. The van der Waals surface area contributed by atoms with Crippen molar-refractivity contribution in [2.75, 3.05) is 20.8 Å². The van der Waals surface area contributed by atoms with Gasteiger partial charge < -0.3 is 18.9 Å². The number of carbonyl (C=O) groups excluding carboxylic acids is 3. The number of hydrogen-bond donors (Lipinski definition) is 0. The van der Waals surface area contributed by atoms with Crippen LogP contribution in [0.25, 0.3) is 0 Å². The van der Waals surface area contributed by atoms with Crippen LogP contribution in [0.1, 0.15) is 48.5 Å². The topological polar surface area (TPSA) is 100 Å². The number of ketones is 2. The van der Waals surface area contributed by atoms with Crippen molar-refractivity contribution in [3.63, 3.8) is 0 Å². The Morgan fingerprint density at radius 3 is 2.46 bits per heavy atom. The molecule has 0 saturated heterocycles. The average molecular weight is 524 g/mol. The highest BCUT2D eigenvalue weighted by molar-refractivity contribution is 6.38. The number of aliphatic imine (C=N–C) groups is 1. The molecule has 0 saturated carbocycles. The summed E-state index contributed by atoms with van der Waals surface area (Å²) in [5.41, 5.74) is 0.177. The van der Waals surface area contributed by atoms with E-state index in [2.05, 4.69) is 4.99 Å². The van der Waals surface area contributed by atoms with Gasteiger partial charge in [0.1, 0.15) is 27.8 Å². The van der Waals surface area contributed by atoms with Crippen LogP contribution < -0.4 is 14.2 Å². The summed E-state index contributed by atoms with van der Waals surface area (Å²) in [6.45, 7) is 3.70. The molecule has 1 spiro atoms. The fourth-order valence-electron chi connectivity index (χ4n) is 5.46. The van der Waals surface area contributed by atoms with Crippen LogP contribution in [0.4, 0.5) is 0 Å². The lowest BCUT2D eigenvalue weighted by atomic mass is 9.66. The lowest BCUT2D eigenvalue weighted by Gasteiger charge is -2.40. The molecule has 0 bridgehead atoms. The number of halogens is 1. The van der Waals surface area contributed by atoms with E-state index in [1.54, 1.807) is 13.8 Å². The monoisotopic (exact) mass is 523 g/mol. The minimum absolute atomic E-state index is 0.0647. The maximum atomic E-state index is 14.4. The van der Waals surface area contributed by atoms with E-state index < -0.39 is 35.0 Å². The first-order valence-corrected chi connectivity index (χ1v) is 12.4. The second-order valence-electron chi connectivity index (χ2n) is 9.21. The van der Waals surface area contributed by atoms with Crippen LogP contribution in [0.3, 0.4) is 0 Å². The number of hydrogen-bond acceptors (Lipinski definition) is 8. The van der Waals surface area contributed by atoms with E-state index >= 15 is 0 Å². The molecule has 0 fully saturated rings. The first-order chi connectivity index (χ1) is 17.8. The number of allylic oxidation sites excluding steroid dienone is 1. The lowest BCUT2D eigenvalue weighted by Crippen LogP contribution is -2.57. The van der Waals surface area contributed by atoms with E-state index in [-0.39, 0.29) is 53.0 Å². The molecule has 0 unspecified atom stereocenters. The van der Waals surface area contributed by atoms with Gasteiger partial charge in [0.2, 0.25) is 17.2 Å². The van der Waals surface area contributed by atoms with Gasteiger partial charge >= 0.3 is 5.97 Å². The third kappa shape index (κ3) is 3.65. The van der Waals surface area contributed by atoms with E-state index in [0.29, 0.717) is 11.3 Å². The van der Waals surface area contributed by atoms with Crippen LogP contribution in [-0.4, -0.2) is 49.7 Å².